The minimum absolute atomic E-state index is 0. The molecular formula is C19H27NO2. The van der Waals surface area contributed by atoms with E-state index < -0.39 is 0 Å². The molecule has 0 saturated heterocycles. The first-order valence-electron chi connectivity index (χ1n) is 8.04. The summed E-state index contributed by atoms with van der Waals surface area (Å²) in [6.07, 6.45) is 2.42. The molecule has 0 aromatic heterocycles. The Bertz CT molecular complexity index is 651. The molecule has 22 heavy (non-hydrogen) atoms. The largest absolute Gasteiger partial charge is 0.490 e. The average Bonchev–Trinajstić information content (AvgIpc) is 2.51. The van der Waals surface area contributed by atoms with Gasteiger partial charge in [0.1, 0.15) is 11.9 Å². The Hall–Kier alpha value is -1.87. The maximum atomic E-state index is 11.4. The molecular weight excluding hydrogens is 274 g/mol. The lowest BCUT2D eigenvalue weighted by Gasteiger charge is -2.35. The van der Waals surface area contributed by atoms with Crippen LogP contribution in [0.25, 0.3) is 10.8 Å². The first-order valence-corrected chi connectivity index (χ1v) is 8.04. The number of hydrogen-bond donors (Lipinski definition) is 1. The fraction of sp³-hybridized carbons (Fsp3) is 0.421. The van der Waals surface area contributed by atoms with Gasteiger partial charge in [-0.05, 0) is 55.8 Å². The predicted molar refractivity (Wildman–Crippen MR) is 93.9 cm³/mol. The highest BCUT2D eigenvalue weighted by molar-refractivity contribution is 5.98. The van der Waals surface area contributed by atoms with Gasteiger partial charge >= 0.3 is 0 Å². The minimum atomic E-state index is 0. The summed E-state index contributed by atoms with van der Waals surface area (Å²) in [6, 6.07) is 12.4. The summed E-state index contributed by atoms with van der Waals surface area (Å²) in [5.74, 6) is 0.979. The summed E-state index contributed by atoms with van der Waals surface area (Å²) in [5.41, 5.74) is 0.744. The summed E-state index contributed by atoms with van der Waals surface area (Å²) in [7, 11) is 1.99. The molecule has 1 fully saturated rings. The van der Waals surface area contributed by atoms with Crippen molar-refractivity contribution in [3.8, 4) is 5.75 Å². The van der Waals surface area contributed by atoms with E-state index in [1.165, 1.54) is 0 Å². The van der Waals surface area contributed by atoms with Crippen LogP contribution in [0.3, 0.4) is 0 Å². The van der Waals surface area contributed by atoms with Crippen molar-refractivity contribution in [1.82, 2.24) is 5.32 Å². The Morgan fingerprint density at radius 1 is 1.14 bits per heavy atom. The molecule has 1 saturated carbocycles. The maximum absolute atomic E-state index is 11.4. The summed E-state index contributed by atoms with van der Waals surface area (Å²) in [6.45, 7) is 5.59. The van der Waals surface area contributed by atoms with Crippen LogP contribution in [-0.4, -0.2) is 25.0 Å². The minimum Gasteiger partial charge on any atom is -0.490 e. The van der Waals surface area contributed by atoms with E-state index in [2.05, 4.69) is 5.32 Å². The first kappa shape index (κ1) is 16.5. The van der Waals surface area contributed by atoms with Crippen molar-refractivity contribution < 1.29 is 11.0 Å². The van der Waals surface area contributed by atoms with Gasteiger partial charge in [-0.25, -0.2) is 0 Å². The average molecular weight is 301 g/mol. The summed E-state index contributed by atoms with van der Waals surface area (Å²) >= 11 is 0. The third kappa shape index (κ3) is 3.66. The number of benzene rings is 2. The molecule has 0 bridgehead atoms. The molecule has 120 valence electrons. The third-order valence-corrected chi connectivity index (χ3v) is 4.02. The maximum Gasteiger partial charge on any atom is 0.159 e. The van der Waals surface area contributed by atoms with Gasteiger partial charge in [-0.3, -0.25) is 4.79 Å². The fourth-order valence-electron chi connectivity index (χ4n) is 2.61. The van der Waals surface area contributed by atoms with Crippen molar-refractivity contribution in [3.05, 3.63) is 42.0 Å². The van der Waals surface area contributed by atoms with Gasteiger partial charge in [0, 0.05) is 13.0 Å². The van der Waals surface area contributed by atoms with Crippen LogP contribution < -0.4 is 10.1 Å². The molecule has 1 aliphatic rings. The number of fused-ring (bicyclic) bond motifs is 1. The molecule has 0 aliphatic heterocycles. The quantitative estimate of drug-likeness (QED) is 0.848. The Labute approximate surface area is 134 Å². The van der Waals surface area contributed by atoms with E-state index in [9.17, 15) is 4.79 Å². The number of rotatable bonds is 4. The zero-order chi connectivity index (χ0) is 16.1. The SMILES string of the molecule is CC.CNC1CC(Oc2ccc3ccc(C(C)=O)cc3c2)C1.[HH]. The van der Waals surface area contributed by atoms with Gasteiger partial charge in [-0.2, -0.15) is 0 Å². The fourth-order valence-corrected chi connectivity index (χ4v) is 2.61. The molecule has 0 radical (unpaired) electrons. The van der Waals surface area contributed by atoms with E-state index >= 15 is 0 Å². The lowest BCUT2D eigenvalue weighted by molar-refractivity contribution is 0.0886. The number of Topliss-reactive ketones (excluding diaryl/α,β-unsaturated/α-hetero) is 1. The summed E-state index contributed by atoms with van der Waals surface area (Å²) < 4.78 is 5.97. The Kier molecular flexibility index (Phi) is 5.56. The Morgan fingerprint density at radius 2 is 1.82 bits per heavy atom. The van der Waals surface area contributed by atoms with Crippen molar-refractivity contribution in [1.29, 1.82) is 0 Å². The molecule has 2 aromatic carbocycles. The van der Waals surface area contributed by atoms with Crippen LogP contribution in [0.2, 0.25) is 0 Å². The van der Waals surface area contributed by atoms with Gasteiger partial charge in [0.25, 0.3) is 0 Å². The second kappa shape index (κ2) is 7.41. The Balaban J connectivity index is 0.000000849. The van der Waals surface area contributed by atoms with Crippen molar-refractivity contribution >= 4 is 16.6 Å². The lowest BCUT2D eigenvalue weighted by atomic mass is 9.89. The van der Waals surface area contributed by atoms with E-state index in [0.29, 0.717) is 12.1 Å². The highest BCUT2D eigenvalue weighted by Crippen LogP contribution is 2.28. The number of hydrogen-bond acceptors (Lipinski definition) is 3. The third-order valence-electron chi connectivity index (χ3n) is 4.02. The van der Waals surface area contributed by atoms with E-state index in [-0.39, 0.29) is 7.21 Å². The van der Waals surface area contributed by atoms with E-state index in [1.54, 1.807) is 6.92 Å². The molecule has 2 aromatic rings. The molecule has 0 amide bonds. The summed E-state index contributed by atoms with van der Waals surface area (Å²) in [5, 5.41) is 5.43. The molecule has 0 unspecified atom stereocenters. The first-order chi connectivity index (χ1) is 10.7. The number of ketones is 1. The number of ether oxygens (including phenoxy) is 1. The highest BCUT2D eigenvalue weighted by atomic mass is 16.5. The molecule has 3 heteroatoms. The molecule has 0 spiro atoms. The van der Waals surface area contributed by atoms with Crippen molar-refractivity contribution in [3.63, 3.8) is 0 Å². The monoisotopic (exact) mass is 301 g/mol. The molecule has 0 heterocycles. The number of carbonyl (C=O) groups is 1. The van der Waals surface area contributed by atoms with Crippen LogP contribution in [0, 0.1) is 0 Å². The summed E-state index contributed by atoms with van der Waals surface area (Å²) in [4.78, 5) is 11.4. The zero-order valence-electron chi connectivity index (χ0n) is 13.8. The second-order valence-electron chi connectivity index (χ2n) is 5.48. The van der Waals surface area contributed by atoms with Gasteiger partial charge in [-0.1, -0.05) is 32.0 Å². The lowest BCUT2D eigenvalue weighted by Crippen LogP contribution is -2.45. The standard InChI is InChI=1S/C17H19NO2.C2H6.H2/c1-11(19)13-4-3-12-5-6-16(8-14(12)7-13)20-17-9-15(10-17)18-2;1-2;/h3-8,15,17-18H,9-10H2,1-2H3;1-2H3;1H. The van der Waals surface area contributed by atoms with Crippen LogP contribution in [0.5, 0.6) is 5.75 Å². The van der Waals surface area contributed by atoms with Crippen LogP contribution in [0.1, 0.15) is 45.4 Å². The molecule has 1 N–H and O–H groups in total. The van der Waals surface area contributed by atoms with Gasteiger partial charge in [0.2, 0.25) is 0 Å². The van der Waals surface area contributed by atoms with Gasteiger partial charge in [-0.15, -0.1) is 0 Å². The molecule has 3 nitrogen and oxygen atoms in total. The van der Waals surface area contributed by atoms with Crippen LogP contribution >= 0.6 is 0 Å². The second-order valence-corrected chi connectivity index (χ2v) is 5.48. The molecule has 1 aliphatic carbocycles. The van der Waals surface area contributed by atoms with E-state index in [4.69, 9.17) is 4.74 Å². The van der Waals surface area contributed by atoms with Crippen molar-refractivity contribution in [2.75, 3.05) is 7.05 Å². The molecule has 0 atom stereocenters. The van der Waals surface area contributed by atoms with E-state index in [1.807, 2.05) is 57.3 Å². The van der Waals surface area contributed by atoms with Gasteiger partial charge in [0.05, 0.1) is 0 Å². The molecule has 3 rings (SSSR count). The highest BCUT2D eigenvalue weighted by Gasteiger charge is 2.29. The Morgan fingerprint density at radius 3 is 2.45 bits per heavy atom. The number of carbonyl (C=O) groups excluding carboxylic acids is 1. The topological polar surface area (TPSA) is 38.3 Å². The van der Waals surface area contributed by atoms with Gasteiger partial charge in [0.15, 0.2) is 5.78 Å². The predicted octanol–water partition coefficient (Wildman–Crippen LogP) is 4.44. The van der Waals surface area contributed by atoms with E-state index in [0.717, 1.165) is 34.9 Å². The normalized spacial score (nSPS) is 19.8. The van der Waals surface area contributed by atoms with Crippen molar-refractivity contribution in [2.24, 2.45) is 0 Å². The van der Waals surface area contributed by atoms with Crippen LogP contribution in [0.15, 0.2) is 36.4 Å². The number of nitrogens with one attached hydrogen (secondary N) is 1. The van der Waals surface area contributed by atoms with Crippen LogP contribution in [-0.2, 0) is 0 Å². The van der Waals surface area contributed by atoms with Gasteiger partial charge < -0.3 is 10.1 Å². The van der Waals surface area contributed by atoms with Crippen LogP contribution in [0.4, 0.5) is 0 Å². The zero-order valence-corrected chi connectivity index (χ0v) is 13.8. The van der Waals surface area contributed by atoms with Crippen molar-refractivity contribution in [2.45, 2.75) is 45.8 Å². The smallest absolute Gasteiger partial charge is 0.159 e.